The second kappa shape index (κ2) is 36.4. The maximum atomic E-state index is 8.25. The fraction of sp³-hybridized carbons (Fsp3) is 1.00. The van der Waals surface area contributed by atoms with Crippen LogP contribution in [0.3, 0.4) is 0 Å². The number of nitrogens with two attached hydrogens (primary N) is 4. The first-order chi connectivity index (χ1) is 7.29. The molecule has 0 radical (unpaired) electrons. The van der Waals surface area contributed by atoms with Crippen molar-refractivity contribution in [1.29, 1.82) is 0 Å². The average Bonchev–Trinajstić information content (AvgIpc) is 2.16. The molecule has 8 N–H and O–H groups in total. The molecule has 0 aliphatic heterocycles. The number of nitrogens with zero attached hydrogens (tertiary/aromatic N) is 2. The second-order valence-electron chi connectivity index (χ2n) is 1.60. The van der Waals surface area contributed by atoms with Crippen LogP contribution in [0.25, 0.3) is 0 Å². The SMILES string of the molecule is NCCN.NCCN.O=[N+]([O-])[O-].O=[N+]([O-])[O-].[Ni+2]. The van der Waals surface area contributed by atoms with Gasteiger partial charge in [0, 0.05) is 26.2 Å². The van der Waals surface area contributed by atoms with Crippen molar-refractivity contribution in [2.45, 2.75) is 0 Å². The van der Waals surface area contributed by atoms with E-state index in [-0.39, 0.29) is 16.5 Å². The van der Waals surface area contributed by atoms with Crippen molar-refractivity contribution in [3.8, 4) is 0 Å². The molecule has 0 fully saturated rings. The molecule has 0 amide bonds. The van der Waals surface area contributed by atoms with E-state index in [0.717, 1.165) is 0 Å². The quantitative estimate of drug-likeness (QED) is 0.234. The fourth-order valence-electron chi connectivity index (χ4n) is 0. The molecule has 0 heterocycles. The minimum atomic E-state index is -1.75. The molecule has 0 aliphatic carbocycles. The molecule has 0 bridgehead atoms. The van der Waals surface area contributed by atoms with Gasteiger partial charge in [-0.25, -0.2) is 0 Å². The molecule has 0 saturated heterocycles. The van der Waals surface area contributed by atoms with Crippen LogP contribution in [0.1, 0.15) is 0 Å². The molecule has 12 nitrogen and oxygen atoms in total. The van der Waals surface area contributed by atoms with E-state index in [9.17, 15) is 0 Å². The van der Waals surface area contributed by atoms with Crippen molar-refractivity contribution in [3.63, 3.8) is 0 Å². The number of rotatable bonds is 2. The Kier molecular flexibility index (Phi) is 63.5. The standard InChI is InChI=1S/2C2H8N2.2NO3.Ni/c2*3-1-2-4;2*2-1(3)4;/h2*1-4H2;;;/q;;2*-1;+2. The average molecular weight is 303 g/mol. The Bertz CT molecular complexity index is 122. The second-order valence-corrected chi connectivity index (χ2v) is 1.60. The monoisotopic (exact) mass is 302 g/mol. The maximum absolute atomic E-state index is 8.25. The molecule has 0 aromatic rings. The molecule has 0 saturated carbocycles. The molecular weight excluding hydrogens is 287 g/mol. The molecule has 0 atom stereocenters. The van der Waals surface area contributed by atoms with Gasteiger partial charge in [-0.2, -0.15) is 0 Å². The zero-order valence-electron chi connectivity index (χ0n) is 8.80. The van der Waals surface area contributed by atoms with Crippen molar-refractivity contribution in [3.05, 3.63) is 30.6 Å². The van der Waals surface area contributed by atoms with Crippen LogP contribution in [-0.4, -0.2) is 36.4 Å². The normalized spacial score (nSPS) is 6.35. The van der Waals surface area contributed by atoms with Crippen molar-refractivity contribution in [1.82, 2.24) is 0 Å². The first-order valence-electron chi connectivity index (χ1n) is 3.73. The minimum absolute atomic E-state index is 0. The zero-order valence-corrected chi connectivity index (χ0v) is 9.79. The Morgan fingerprint density at radius 1 is 0.647 bits per heavy atom. The van der Waals surface area contributed by atoms with Gasteiger partial charge < -0.3 is 53.6 Å². The molecule has 108 valence electrons. The molecule has 13 heteroatoms. The summed E-state index contributed by atoms with van der Waals surface area (Å²) >= 11 is 0. The third-order valence-corrected chi connectivity index (χ3v) is 0.333. The van der Waals surface area contributed by atoms with Crippen molar-refractivity contribution in [2.75, 3.05) is 26.2 Å². The molecule has 0 spiro atoms. The van der Waals surface area contributed by atoms with E-state index < -0.39 is 10.2 Å². The van der Waals surface area contributed by atoms with E-state index in [1.54, 1.807) is 0 Å². The molecule has 0 unspecified atom stereocenters. The Balaban J connectivity index is -0.0000000369. The van der Waals surface area contributed by atoms with Gasteiger partial charge in [0.15, 0.2) is 0 Å². The van der Waals surface area contributed by atoms with Crippen LogP contribution in [0.5, 0.6) is 0 Å². The summed E-state index contributed by atoms with van der Waals surface area (Å²) in [5.41, 5.74) is 19.6. The van der Waals surface area contributed by atoms with Gasteiger partial charge in [0.2, 0.25) is 0 Å². The smallest absolute Gasteiger partial charge is 0.356 e. The van der Waals surface area contributed by atoms with Gasteiger partial charge in [-0.1, -0.05) is 0 Å². The summed E-state index contributed by atoms with van der Waals surface area (Å²) in [6, 6.07) is 0. The Labute approximate surface area is 107 Å². The van der Waals surface area contributed by atoms with Crippen molar-refractivity contribution in [2.24, 2.45) is 22.9 Å². The van der Waals surface area contributed by atoms with Crippen LogP contribution in [0.2, 0.25) is 0 Å². The van der Waals surface area contributed by atoms with E-state index in [4.69, 9.17) is 53.6 Å². The predicted molar refractivity (Wildman–Crippen MR) is 56.9 cm³/mol. The summed E-state index contributed by atoms with van der Waals surface area (Å²) < 4.78 is 0. The third kappa shape index (κ3) is 4440. The number of hydrogen-bond acceptors (Lipinski definition) is 10. The Morgan fingerprint density at radius 2 is 0.706 bits per heavy atom. The maximum Gasteiger partial charge on any atom is 2.00 e. The minimum Gasteiger partial charge on any atom is -0.356 e. The summed E-state index contributed by atoms with van der Waals surface area (Å²) in [4.78, 5) is 16.5. The molecule has 17 heavy (non-hydrogen) atoms. The van der Waals surface area contributed by atoms with Gasteiger partial charge in [-0.15, -0.1) is 0 Å². The van der Waals surface area contributed by atoms with Gasteiger partial charge in [0.05, 0.1) is 10.2 Å². The molecule has 0 aliphatic rings. The van der Waals surface area contributed by atoms with E-state index in [1.807, 2.05) is 0 Å². The summed E-state index contributed by atoms with van der Waals surface area (Å²) in [7, 11) is 0. The van der Waals surface area contributed by atoms with Gasteiger partial charge in [0.25, 0.3) is 0 Å². The van der Waals surface area contributed by atoms with Crippen LogP contribution in [0, 0.1) is 30.6 Å². The molecule has 0 aromatic carbocycles. The molecule has 0 rings (SSSR count). The summed E-state index contributed by atoms with van der Waals surface area (Å²) in [6.45, 7) is 2.39. The third-order valence-electron chi connectivity index (χ3n) is 0.333. The van der Waals surface area contributed by atoms with Crippen LogP contribution in [-0.2, 0) is 16.5 Å². The van der Waals surface area contributed by atoms with Crippen molar-refractivity contribution < 1.29 is 26.7 Å². The summed E-state index contributed by atoms with van der Waals surface area (Å²) in [6.07, 6.45) is 0. The first kappa shape index (κ1) is 29.6. The number of hydrogen-bond donors (Lipinski definition) is 4. The zero-order chi connectivity index (χ0) is 14.0. The predicted octanol–water partition coefficient (Wildman–Crippen LogP) is -2.67. The van der Waals surface area contributed by atoms with Crippen molar-refractivity contribution >= 4 is 0 Å². The first-order valence-corrected chi connectivity index (χ1v) is 3.73. The summed E-state index contributed by atoms with van der Waals surface area (Å²) in [5.74, 6) is 0. The largest absolute Gasteiger partial charge is 2.00 e. The topological polar surface area (TPSA) is 236 Å². The van der Waals surface area contributed by atoms with Gasteiger partial charge in [-0.05, 0) is 0 Å². The van der Waals surface area contributed by atoms with Crippen LogP contribution < -0.4 is 22.9 Å². The van der Waals surface area contributed by atoms with E-state index in [0.29, 0.717) is 26.2 Å². The van der Waals surface area contributed by atoms with Crippen LogP contribution in [0.4, 0.5) is 0 Å². The van der Waals surface area contributed by atoms with Gasteiger partial charge in [-0.3, -0.25) is 0 Å². The van der Waals surface area contributed by atoms with Gasteiger partial charge in [0.1, 0.15) is 0 Å². The van der Waals surface area contributed by atoms with Crippen LogP contribution >= 0.6 is 0 Å². The fourth-order valence-corrected chi connectivity index (χ4v) is 0. The molecule has 0 aromatic heterocycles. The Morgan fingerprint density at radius 3 is 0.706 bits per heavy atom. The van der Waals surface area contributed by atoms with Gasteiger partial charge >= 0.3 is 16.5 Å². The van der Waals surface area contributed by atoms with E-state index >= 15 is 0 Å². The van der Waals surface area contributed by atoms with E-state index in [2.05, 4.69) is 0 Å². The Hall–Kier alpha value is -1.27. The summed E-state index contributed by atoms with van der Waals surface area (Å²) in [5, 5.41) is 29.5. The molecular formula is C4H16N6NiO6. The van der Waals surface area contributed by atoms with E-state index in [1.165, 1.54) is 0 Å². The van der Waals surface area contributed by atoms with Crippen LogP contribution in [0.15, 0.2) is 0 Å².